The van der Waals surface area contributed by atoms with E-state index < -0.39 is 29.7 Å². The van der Waals surface area contributed by atoms with E-state index in [0.29, 0.717) is 6.42 Å². The molecule has 0 saturated heterocycles. The number of amides is 2. The SMILES string of the molecule is CCCCCCCCCCCCCC(=O)C[C@H](CC(N)=O)C(=O)N[C@@H](C)C(=O)OC. The lowest BCUT2D eigenvalue weighted by Gasteiger charge is -2.17. The summed E-state index contributed by atoms with van der Waals surface area (Å²) in [6.45, 7) is 3.71. The van der Waals surface area contributed by atoms with Crippen molar-refractivity contribution in [2.75, 3.05) is 7.11 Å². The van der Waals surface area contributed by atoms with Crippen molar-refractivity contribution >= 4 is 23.6 Å². The van der Waals surface area contributed by atoms with Gasteiger partial charge in [-0.05, 0) is 13.3 Å². The third-order valence-electron chi connectivity index (χ3n) is 5.27. The highest BCUT2D eigenvalue weighted by Crippen LogP contribution is 2.15. The maximum atomic E-state index is 12.3. The molecule has 0 rings (SSSR count). The van der Waals surface area contributed by atoms with Crippen molar-refractivity contribution < 1.29 is 23.9 Å². The second-order valence-corrected chi connectivity index (χ2v) is 8.15. The van der Waals surface area contributed by atoms with Crippen molar-refractivity contribution in [1.82, 2.24) is 5.32 Å². The van der Waals surface area contributed by atoms with Gasteiger partial charge < -0.3 is 15.8 Å². The maximum absolute atomic E-state index is 12.3. The Kier molecular flexibility index (Phi) is 16.8. The summed E-state index contributed by atoms with van der Waals surface area (Å²) in [6, 6.07) is -0.848. The molecule has 0 heterocycles. The molecule has 3 N–H and O–H groups in total. The molecule has 0 radical (unpaired) electrons. The average molecular weight is 427 g/mol. The van der Waals surface area contributed by atoms with Gasteiger partial charge in [0.2, 0.25) is 11.8 Å². The van der Waals surface area contributed by atoms with Crippen molar-refractivity contribution in [3.8, 4) is 0 Å². The Morgan fingerprint density at radius 1 is 0.833 bits per heavy atom. The van der Waals surface area contributed by atoms with E-state index in [2.05, 4.69) is 17.0 Å². The molecule has 7 heteroatoms. The van der Waals surface area contributed by atoms with Crippen LogP contribution in [0.1, 0.15) is 104 Å². The lowest BCUT2D eigenvalue weighted by molar-refractivity contribution is -0.145. The Hall–Kier alpha value is -1.92. The normalized spacial score (nSPS) is 12.8. The largest absolute Gasteiger partial charge is 0.467 e. The number of hydrogen-bond acceptors (Lipinski definition) is 5. The number of nitrogens with two attached hydrogens (primary N) is 1. The number of primary amides is 1. The minimum Gasteiger partial charge on any atom is -0.467 e. The Morgan fingerprint density at radius 3 is 1.80 bits per heavy atom. The number of ether oxygens (including phenoxy) is 1. The van der Waals surface area contributed by atoms with E-state index in [-0.39, 0.29) is 18.6 Å². The highest BCUT2D eigenvalue weighted by atomic mass is 16.5. The zero-order valence-corrected chi connectivity index (χ0v) is 19.2. The van der Waals surface area contributed by atoms with Gasteiger partial charge in [-0.15, -0.1) is 0 Å². The monoisotopic (exact) mass is 426 g/mol. The summed E-state index contributed by atoms with van der Waals surface area (Å²) in [6.07, 6.45) is 13.4. The number of Topliss-reactive ketones (excluding diaryl/α,β-unsaturated/α-hetero) is 1. The van der Waals surface area contributed by atoms with Crippen LogP contribution in [-0.2, 0) is 23.9 Å². The van der Waals surface area contributed by atoms with Gasteiger partial charge in [-0.1, -0.05) is 71.1 Å². The van der Waals surface area contributed by atoms with Gasteiger partial charge in [0.15, 0.2) is 0 Å². The molecule has 7 nitrogen and oxygen atoms in total. The van der Waals surface area contributed by atoms with E-state index in [1.165, 1.54) is 65.4 Å². The van der Waals surface area contributed by atoms with Gasteiger partial charge in [-0.2, -0.15) is 0 Å². The van der Waals surface area contributed by atoms with E-state index in [1.807, 2.05) is 0 Å². The fraction of sp³-hybridized carbons (Fsp3) is 0.826. The summed E-state index contributed by atoms with van der Waals surface area (Å²) in [5.74, 6) is -2.68. The van der Waals surface area contributed by atoms with Crippen LogP contribution in [0.3, 0.4) is 0 Å². The van der Waals surface area contributed by atoms with Crippen LogP contribution in [0.2, 0.25) is 0 Å². The van der Waals surface area contributed by atoms with Gasteiger partial charge in [0.05, 0.1) is 13.0 Å². The molecule has 0 aliphatic rings. The van der Waals surface area contributed by atoms with Crippen molar-refractivity contribution in [2.24, 2.45) is 11.7 Å². The molecule has 0 aliphatic heterocycles. The molecule has 30 heavy (non-hydrogen) atoms. The van der Waals surface area contributed by atoms with Crippen molar-refractivity contribution in [1.29, 1.82) is 0 Å². The van der Waals surface area contributed by atoms with Gasteiger partial charge in [-0.25, -0.2) is 4.79 Å². The highest BCUT2D eigenvalue weighted by Gasteiger charge is 2.26. The van der Waals surface area contributed by atoms with Gasteiger partial charge in [0, 0.05) is 19.3 Å². The molecule has 0 spiro atoms. The lowest BCUT2D eigenvalue weighted by atomic mass is 9.94. The second kappa shape index (κ2) is 17.9. The van der Waals surface area contributed by atoms with E-state index in [1.54, 1.807) is 0 Å². The van der Waals surface area contributed by atoms with E-state index in [4.69, 9.17) is 5.73 Å². The van der Waals surface area contributed by atoms with Crippen molar-refractivity contribution in [2.45, 2.75) is 110 Å². The molecular formula is C23H42N2O5. The quantitative estimate of drug-likeness (QED) is 0.241. The standard InChI is InChI=1S/C23H42N2O5/c1-4-5-6-7-8-9-10-11-12-13-14-15-20(26)16-19(17-21(24)27)22(28)25-18(2)23(29)30-3/h18-19H,4-17H2,1-3H3,(H2,24,27)(H,25,28)/t18-,19+/m0/s1. The fourth-order valence-corrected chi connectivity index (χ4v) is 3.43. The third-order valence-corrected chi connectivity index (χ3v) is 5.27. The summed E-state index contributed by atoms with van der Waals surface area (Å²) in [4.78, 5) is 47.3. The number of unbranched alkanes of at least 4 members (excludes halogenated alkanes) is 10. The average Bonchev–Trinajstić information content (AvgIpc) is 2.70. The zero-order valence-electron chi connectivity index (χ0n) is 19.2. The molecule has 0 bridgehead atoms. The Morgan fingerprint density at radius 2 is 1.33 bits per heavy atom. The Bertz CT molecular complexity index is 522. The summed E-state index contributed by atoms with van der Waals surface area (Å²) in [5.41, 5.74) is 5.22. The number of hydrogen-bond donors (Lipinski definition) is 2. The van der Waals surface area contributed by atoms with Crippen molar-refractivity contribution in [3.05, 3.63) is 0 Å². The number of carbonyl (C=O) groups is 4. The fourth-order valence-electron chi connectivity index (χ4n) is 3.43. The smallest absolute Gasteiger partial charge is 0.328 e. The van der Waals surface area contributed by atoms with Gasteiger partial charge >= 0.3 is 5.97 Å². The molecular weight excluding hydrogens is 384 g/mol. The predicted molar refractivity (Wildman–Crippen MR) is 118 cm³/mol. The van der Waals surface area contributed by atoms with Gasteiger partial charge in [0.1, 0.15) is 11.8 Å². The van der Waals surface area contributed by atoms with Gasteiger partial charge in [-0.3, -0.25) is 14.4 Å². The molecule has 0 aromatic heterocycles. The Balaban J connectivity index is 4.07. The van der Waals surface area contributed by atoms with E-state index in [9.17, 15) is 19.2 Å². The van der Waals surface area contributed by atoms with Crippen LogP contribution in [0.25, 0.3) is 0 Å². The molecule has 0 aliphatic carbocycles. The summed E-state index contributed by atoms with van der Waals surface area (Å²) in [7, 11) is 1.23. The van der Waals surface area contributed by atoms with Crippen LogP contribution in [0.5, 0.6) is 0 Å². The number of ketones is 1. The van der Waals surface area contributed by atoms with Crippen molar-refractivity contribution in [3.63, 3.8) is 0 Å². The number of rotatable bonds is 19. The molecule has 0 saturated carbocycles. The van der Waals surface area contributed by atoms with Crippen LogP contribution < -0.4 is 11.1 Å². The predicted octanol–water partition coefficient (Wildman–Crippen LogP) is 3.82. The molecule has 0 aromatic carbocycles. The van der Waals surface area contributed by atoms with Crippen LogP contribution in [0.4, 0.5) is 0 Å². The topological polar surface area (TPSA) is 116 Å². The lowest BCUT2D eigenvalue weighted by Crippen LogP contribution is -2.43. The summed E-state index contributed by atoms with van der Waals surface area (Å²) >= 11 is 0. The summed E-state index contributed by atoms with van der Waals surface area (Å²) < 4.78 is 4.56. The first kappa shape index (κ1) is 28.1. The van der Waals surface area contributed by atoms with Crippen LogP contribution >= 0.6 is 0 Å². The highest BCUT2D eigenvalue weighted by molar-refractivity contribution is 5.92. The van der Waals surface area contributed by atoms with E-state index in [0.717, 1.165) is 19.3 Å². The molecule has 174 valence electrons. The number of esters is 1. The third kappa shape index (κ3) is 15.0. The molecule has 2 atom stereocenters. The van der Waals surface area contributed by atoms with Gasteiger partial charge in [0.25, 0.3) is 0 Å². The molecule has 0 unspecified atom stereocenters. The zero-order chi connectivity index (χ0) is 22.8. The first-order chi connectivity index (χ1) is 14.3. The minimum atomic E-state index is -0.852. The first-order valence-corrected chi connectivity index (χ1v) is 11.5. The molecule has 2 amide bonds. The van der Waals surface area contributed by atoms with E-state index >= 15 is 0 Å². The number of nitrogens with one attached hydrogen (secondary N) is 1. The second-order valence-electron chi connectivity index (χ2n) is 8.15. The molecule has 0 aromatic rings. The number of methoxy groups -OCH3 is 1. The van der Waals surface area contributed by atoms with Crippen LogP contribution in [0.15, 0.2) is 0 Å². The maximum Gasteiger partial charge on any atom is 0.328 e. The summed E-state index contributed by atoms with van der Waals surface area (Å²) in [5, 5.41) is 2.48. The first-order valence-electron chi connectivity index (χ1n) is 11.5. The molecule has 0 fully saturated rings. The van der Waals surface area contributed by atoms with Crippen LogP contribution in [0, 0.1) is 5.92 Å². The van der Waals surface area contributed by atoms with Crippen LogP contribution in [-0.4, -0.2) is 36.7 Å². The Labute approximate surface area is 181 Å². The number of carbonyl (C=O) groups excluding carboxylic acids is 4. The minimum absolute atomic E-state index is 0.0412.